The average Bonchev–Trinajstić information content (AvgIpc) is 2.59. The minimum Gasteiger partial charge on any atom is -0.373 e. The first-order valence-electron chi connectivity index (χ1n) is 4.34. The first-order chi connectivity index (χ1) is 7.20. The van der Waals surface area contributed by atoms with Crippen LogP contribution in [-0.4, -0.2) is 16.4 Å². The summed E-state index contributed by atoms with van der Waals surface area (Å²) in [6, 6.07) is 9.00. The van der Waals surface area contributed by atoms with Gasteiger partial charge in [-0.2, -0.15) is 5.26 Å². The zero-order valence-corrected chi connectivity index (χ0v) is 8.49. The molecule has 2 unspecified atom stereocenters. The Hall–Kier alpha value is -1.51. The molecule has 1 aromatic rings. The smallest absolute Gasteiger partial charge is 0.260 e. The molecule has 2 rings (SSSR count). The molecule has 0 spiro atoms. The van der Waals surface area contributed by atoms with Crippen molar-refractivity contribution in [3.63, 3.8) is 0 Å². The molecule has 1 saturated heterocycles. The van der Waals surface area contributed by atoms with E-state index >= 15 is 0 Å². The lowest BCUT2D eigenvalue weighted by molar-refractivity contribution is -0.124. The molecule has 1 fully saturated rings. The van der Waals surface area contributed by atoms with Crippen molar-refractivity contribution >= 4 is 17.7 Å². The summed E-state index contributed by atoms with van der Waals surface area (Å²) >= 11 is 1.13. The van der Waals surface area contributed by atoms with Gasteiger partial charge in [0, 0.05) is 0 Å². The SMILES string of the molecule is N#Cc1cccc(C2NC(=O)C(O)S2)c1. The Bertz CT molecular complexity index is 441. The molecule has 1 aliphatic rings. The molecule has 1 heterocycles. The minimum atomic E-state index is -1.01. The maximum absolute atomic E-state index is 11.1. The van der Waals surface area contributed by atoms with Crippen LogP contribution in [0, 0.1) is 11.3 Å². The van der Waals surface area contributed by atoms with Gasteiger partial charge < -0.3 is 10.4 Å². The molecule has 76 valence electrons. The fourth-order valence-corrected chi connectivity index (χ4v) is 2.30. The number of rotatable bonds is 1. The number of nitrogens with zero attached hydrogens (tertiary/aromatic N) is 1. The number of amides is 1. The van der Waals surface area contributed by atoms with Crippen molar-refractivity contribution in [2.24, 2.45) is 0 Å². The van der Waals surface area contributed by atoms with Crippen molar-refractivity contribution in [1.82, 2.24) is 5.32 Å². The lowest BCUT2D eigenvalue weighted by Gasteiger charge is -2.08. The maximum Gasteiger partial charge on any atom is 0.260 e. The van der Waals surface area contributed by atoms with Crippen LogP contribution in [0.3, 0.4) is 0 Å². The van der Waals surface area contributed by atoms with Gasteiger partial charge in [-0.05, 0) is 17.7 Å². The third-order valence-electron chi connectivity index (χ3n) is 2.08. The van der Waals surface area contributed by atoms with E-state index in [0.29, 0.717) is 5.56 Å². The molecule has 1 amide bonds. The number of nitriles is 1. The van der Waals surface area contributed by atoms with E-state index in [1.165, 1.54) is 0 Å². The van der Waals surface area contributed by atoms with E-state index in [4.69, 9.17) is 5.26 Å². The number of thioether (sulfide) groups is 1. The van der Waals surface area contributed by atoms with Crippen molar-refractivity contribution < 1.29 is 9.90 Å². The van der Waals surface area contributed by atoms with Crippen LogP contribution in [0.15, 0.2) is 24.3 Å². The normalized spacial score (nSPS) is 24.7. The predicted octanol–water partition coefficient (Wildman–Crippen LogP) is 0.738. The van der Waals surface area contributed by atoms with Gasteiger partial charge in [-0.25, -0.2) is 0 Å². The third-order valence-corrected chi connectivity index (χ3v) is 3.22. The monoisotopic (exact) mass is 220 g/mol. The first kappa shape index (κ1) is 10.0. The summed E-state index contributed by atoms with van der Waals surface area (Å²) in [6.45, 7) is 0. The molecular formula is C10H8N2O2S. The Morgan fingerprint density at radius 1 is 1.53 bits per heavy atom. The molecule has 0 aromatic heterocycles. The highest BCUT2D eigenvalue weighted by molar-refractivity contribution is 8.01. The molecule has 2 N–H and O–H groups in total. The predicted molar refractivity (Wildman–Crippen MR) is 55.6 cm³/mol. The Kier molecular flexibility index (Phi) is 2.62. The van der Waals surface area contributed by atoms with Crippen molar-refractivity contribution in [3.05, 3.63) is 35.4 Å². The number of carbonyl (C=O) groups excluding carboxylic acids is 1. The Morgan fingerprint density at radius 3 is 2.93 bits per heavy atom. The van der Waals surface area contributed by atoms with Gasteiger partial charge in [-0.3, -0.25) is 4.79 Å². The van der Waals surface area contributed by atoms with Crippen LogP contribution in [0.4, 0.5) is 0 Å². The second-order valence-corrected chi connectivity index (χ2v) is 4.30. The molecule has 0 aliphatic carbocycles. The summed E-state index contributed by atoms with van der Waals surface area (Å²) in [5.74, 6) is -0.382. The van der Waals surface area contributed by atoms with Crippen LogP contribution in [0.25, 0.3) is 0 Å². The van der Waals surface area contributed by atoms with Crippen molar-refractivity contribution in [2.45, 2.75) is 10.8 Å². The molecule has 5 heteroatoms. The summed E-state index contributed by atoms with van der Waals surface area (Å²) in [5, 5.41) is 20.3. The van der Waals surface area contributed by atoms with E-state index in [9.17, 15) is 9.90 Å². The van der Waals surface area contributed by atoms with Crippen molar-refractivity contribution in [1.29, 1.82) is 5.26 Å². The number of hydrogen-bond acceptors (Lipinski definition) is 4. The molecule has 1 aromatic carbocycles. The standard InChI is InChI=1S/C10H8N2O2S/c11-5-6-2-1-3-7(4-6)9-12-8(13)10(14)15-9/h1-4,9-10,14H,(H,12,13). The number of nitrogens with one attached hydrogen (secondary N) is 1. The number of aliphatic hydroxyl groups excluding tert-OH is 1. The van der Waals surface area contributed by atoms with E-state index in [2.05, 4.69) is 5.32 Å². The molecule has 0 bridgehead atoms. The molecule has 0 saturated carbocycles. The Labute approximate surface area is 90.9 Å². The highest BCUT2D eigenvalue weighted by Gasteiger charge is 2.31. The van der Waals surface area contributed by atoms with Gasteiger partial charge >= 0.3 is 0 Å². The van der Waals surface area contributed by atoms with E-state index in [-0.39, 0.29) is 11.3 Å². The van der Waals surface area contributed by atoms with E-state index in [0.717, 1.165) is 17.3 Å². The minimum absolute atomic E-state index is 0.263. The first-order valence-corrected chi connectivity index (χ1v) is 5.29. The highest BCUT2D eigenvalue weighted by Crippen LogP contribution is 2.34. The van der Waals surface area contributed by atoms with Crippen LogP contribution in [0.2, 0.25) is 0 Å². The zero-order chi connectivity index (χ0) is 10.8. The largest absolute Gasteiger partial charge is 0.373 e. The molecular weight excluding hydrogens is 212 g/mol. The number of aliphatic hydroxyl groups is 1. The maximum atomic E-state index is 11.1. The summed E-state index contributed by atoms with van der Waals surface area (Å²) in [5.41, 5.74) is 0.355. The number of hydrogen-bond donors (Lipinski definition) is 2. The topological polar surface area (TPSA) is 73.1 Å². The zero-order valence-electron chi connectivity index (χ0n) is 7.68. The molecule has 2 atom stereocenters. The van der Waals surface area contributed by atoms with Crippen molar-refractivity contribution in [2.75, 3.05) is 0 Å². The van der Waals surface area contributed by atoms with Crippen LogP contribution in [0.5, 0.6) is 0 Å². The van der Waals surface area contributed by atoms with E-state index in [1.807, 2.05) is 12.1 Å². The fourth-order valence-electron chi connectivity index (χ4n) is 1.36. The van der Waals surface area contributed by atoms with Gasteiger partial charge in [0.1, 0.15) is 5.37 Å². The van der Waals surface area contributed by atoms with Crippen LogP contribution in [0.1, 0.15) is 16.5 Å². The summed E-state index contributed by atoms with van der Waals surface area (Å²) in [6.07, 6.45) is 0. The van der Waals surface area contributed by atoms with Gasteiger partial charge in [-0.15, -0.1) is 0 Å². The fraction of sp³-hybridized carbons (Fsp3) is 0.200. The van der Waals surface area contributed by atoms with Crippen LogP contribution < -0.4 is 5.32 Å². The summed E-state index contributed by atoms with van der Waals surface area (Å²) in [7, 11) is 0. The quantitative estimate of drug-likeness (QED) is 0.732. The number of benzene rings is 1. The van der Waals surface area contributed by atoms with Crippen LogP contribution in [-0.2, 0) is 4.79 Å². The highest BCUT2D eigenvalue weighted by atomic mass is 32.2. The second-order valence-electron chi connectivity index (χ2n) is 3.11. The molecule has 15 heavy (non-hydrogen) atoms. The van der Waals surface area contributed by atoms with Crippen molar-refractivity contribution in [3.8, 4) is 6.07 Å². The average molecular weight is 220 g/mol. The van der Waals surface area contributed by atoms with Gasteiger partial charge in [0.2, 0.25) is 0 Å². The summed E-state index contributed by atoms with van der Waals surface area (Å²) < 4.78 is 0. The van der Waals surface area contributed by atoms with Gasteiger partial charge in [-0.1, -0.05) is 23.9 Å². The van der Waals surface area contributed by atoms with Crippen LogP contribution >= 0.6 is 11.8 Å². The summed E-state index contributed by atoms with van der Waals surface area (Å²) in [4.78, 5) is 11.1. The molecule has 0 radical (unpaired) electrons. The molecule has 1 aliphatic heterocycles. The Morgan fingerprint density at radius 2 is 2.33 bits per heavy atom. The lowest BCUT2D eigenvalue weighted by atomic mass is 10.1. The second kappa shape index (κ2) is 3.93. The molecule has 4 nitrogen and oxygen atoms in total. The van der Waals surface area contributed by atoms with Gasteiger partial charge in [0.25, 0.3) is 5.91 Å². The third kappa shape index (κ3) is 1.96. The number of carbonyl (C=O) groups is 1. The van der Waals surface area contributed by atoms with E-state index < -0.39 is 5.44 Å². The van der Waals surface area contributed by atoms with Gasteiger partial charge in [0.15, 0.2) is 5.44 Å². The Balaban J connectivity index is 2.24. The lowest BCUT2D eigenvalue weighted by Crippen LogP contribution is -2.23. The van der Waals surface area contributed by atoms with E-state index in [1.54, 1.807) is 18.2 Å². The van der Waals surface area contributed by atoms with Gasteiger partial charge in [0.05, 0.1) is 11.6 Å².